The van der Waals surface area contributed by atoms with E-state index in [1.54, 1.807) is 4.90 Å². The quantitative estimate of drug-likeness (QED) is 0.777. The van der Waals surface area contributed by atoms with E-state index in [4.69, 9.17) is 5.73 Å². The van der Waals surface area contributed by atoms with Gasteiger partial charge in [0.15, 0.2) is 5.60 Å². The van der Waals surface area contributed by atoms with Crippen molar-refractivity contribution in [2.45, 2.75) is 24.6 Å². The number of hydrogen-bond donors (Lipinski definition) is 1. The maximum absolute atomic E-state index is 12.7. The largest absolute Gasteiger partial charge is 0.418 e. The summed E-state index contributed by atoms with van der Waals surface area (Å²) in [4.78, 5) is 1.75. The highest BCUT2D eigenvalue weighted by Crippen LogP contribution is 2.40. The van der Waals surface area contributed by atoms with Gasteiger partial charge in [0.2, 0.25) is 0 Å². The molecule has 0 bridgehead atoms. The number of ether oxygens (including phenoxy) is 1. The Morgan fingerprint density at radius 3 is 2.53 bits per heavy atom. The van der Waals surface area contributed by atoms with E-state index >= 15 is 0 Å². The molecule has 0 aromatic heterocycles. The summed E-state index contributed by atoms with van der Waals surface area (Å²) in [6.45, 7) is 1.46. The molecule has 1 fully saturated rings. The predicted octanol–water partition coefficient (Wildman–Crippen LogP) is 0.988. The standard InChI is InChI=1S/C9H17F3N2O/c1-15-8(9(10,11)12)3-6-14(7-8)5-2-4-13/h2-7,13H2,1H3. The van der Waals surface area contributed by atoms with E-state index < -0.39 is 11.8 Å². The lowest BCUT2D eigenvalue weighted by Gasteiger charge is -2.30. The summed E-state index contributed by atoms with van der Waals surface area (Å²) in [5.41, 5.74) is 3.34. The zero-order valence-corrected chi connectivity index (χ0v) is 8.81. The van der Waals surface area contributed by atoms with Crippen molar-refractivity contribution in [3.63, 3.8) is 0 Å². The Morgan fingerprint density at radius 2 is 2.13 bits per heavy atom. The third-order valence-corrected chi connectivity index (χ3v) is 2.90. The van der Waals surface area contributed by atoms with E-state index in [1.165, 1.54) is 0 Å². The predicted molar refractivity (Wildman–Crippen MR) is 50.5 cm³/mol. The normalized spacial score (nSPS) is 28.6. The zero-order valence-electron chi connectivity index (χ0n) is 8.81. The number of hydrogen-bond acceptors (Lipinski definition) is 3. The lowest BCUT2D eigenvalue weighted by atomic mass is 10.0. The third kappa shape index (κ3) is 2.62. The van der Waals surface area contributed by atoms with Crippen molar-refractivity contribution in [2.75, 3.05) is 33.3 Å². The van der Waals surface area contributed by atoms with Gasteiger partial charge in [0.25, 0.3) is 0 Å². The van der Waals surface area contributed by atoms with Crippen LogP contribution in [0.4, 0.5) is 13.2 Å². The number of alkyl halides is 3. The molecule has 1 aliphatic rings. The van der Waals surface area contributed by atoms with Crippen LogP contribution in [-0.2, 0) is 4.74 Å². The first-order chi connectivity index (χ1) is 6.95. The number of likely N-dealkylation sites (tertiary alicyclic amines) is 1. The van der Waals surface area contributed by atoms with Crippen LogP contribution >= 0.6 is 0 Å². The monoisotopic (exact) mass is 226 g/mol. The Hall–Kier alpha value is -0.330. The molecule has 0 aliphatic carbocycles. The van der Waals surface area contributed by atoms with E-state index in [0.717, 1.165) is 13.5 Å². The van der Waals surface area contributed by atoms with Crippen molar-refractivity contribution < 1.29 is 17.9 Å². The van der Waals surface area contributed by atoms with Crippen molar-refractivity contribution >= 4 is 0 Å². The lowest BCUT2D eigenvalue weighted by Crippen LogP contribution is -2.49. The fourth-order valence-electron chi connectivity index (χ4n) is 1.88. The van der Waals surface area contributed by atoms with Crippen molar-refractivity contribution in [1.82, 2.24) is 4.90 Å². The Balaban J connectivity index is 2.57. The molecule has 6 heteroatoms. The second kappa shape index (κ2) is 4.67. The molecular weight excluding hydrogens is 209 g/mol. The van der Waals surface area contributed by atoms with Gasteiger partial charge in [-0.3, -0.25) is 4.90 Å². The Bertz CT molecular complexity index is 210. The molecule has 0 amide bonds. The molecule has 0 spiro atoms. The SMILES string of the molecule is COC1(C(F)(F)F)CCN(CCCN)C1. The van der Waals surface area contributed by atoms with Crippen LogP contribution in [0.25, 0.3) is 0 Å². The van der Waals surface area contributed by atoms with Crippen molar-refractivity contribution in [1.29, 1.82) is 0 Å². The third-order valence-electron chi connectivity index (χ3n) is 2.90. The van der Waals surface area contributed by atoms with E-state index in [9.17, 15) is 13.2 Å². The molecule has 1 unspecified atom stereocenters. The molecule has 15 heavy (non-hydrogen) atoms. The minimum absolute atomic E-state index is 0.0115. The minimum Gasteiger partial charge on any atom is -0.367 e. The molecule has 3 nitrogen and oxygen atoms in total. The number of halogens is 3. The zero-order chi connectivity index (χ0) is 11.5. The van der Waals surface area contributed by atoms with Gasteiger partial charge < -0.3 is 10.5 Å². The number of nitrogens with two attached hydrogens (primary N) is 1. The first kappa shape index (κ1) is 12.7. The first-order valence-electron chi connectivity index (χ1n) is 4.99. The molecule has 1 aliphatic heterocycles. The van der Waals surface area contributed by atoms with Crippen LogP contribution in [0.15, 0.2) is 0 Å². The molecule has 0 aromatic carbocycles. The molecule has 1 heterocycles. The Kier molecular flexibility index (Phi) is 3.97. The van der Waals surface area contributed by atoms with Crippen LogP contribution in [0.2, 0.25) is 0 Å². The molecule has 90 valence electrons. The van der Waals surface area contributed by atoms with Crippen LogP contribution in [0.5, 0.6) is 0 Å². The average molecular weight is 226 g/mol. The summed E-state index contributed by atoms with van der Waals surface area (Å²) >= 11 is 0. The fourth-order valence-corrected chi connectivity index (χ4v) is 1.88. The summed E-state index contributed by atoms with van der Waals surface area (Å²) in [5, 5.41) is 0. The maximum Gasteiger partial charge on any atom is 0.418 e. The van der Waals surface area contributed by atoms with E-state index in [2.05, 4.69) is 4.74 Å². The smallest absolute Gasteiger partial charge is 0.367 e. The summed E-state index contributed by atoms with van der Waals surface area (Å²) in [6, 6.07) is 0. The molecule has 0 saturated carbocycles. The van der Waals surface area contributed by atoms with Gasteiger partial charge in [-0.25, -0.2) is 0 Å². The molecule has 1 saturated heterocycles. The summed E-state index contributed by atoms with van der Waals surface area (Å²) in [7, 11) is 1.12. The second-order valence-electron chi connectivity index (χ2n) is 3.86. The van der Waals surface area contributed by atoms with Gasteiger partial charge in [-0.15, -0.1) is 0 Å². The average Bonchev–Trinajstić information content (AvgIpc) is 2.58. The fraction of sp³-hybridized carbons (Fsp3) is 1.00. The number of nitrogens with zero attached hydrogens (tertiary/aromatic N) is 1. The van der Waals surface area contributed by atoms with Gasteiger partial charge in [-0.1, -0.05) is 0 Å². The van der Waals surface area contributed by atoms with Gasteiger partial charge in [-0.2, -0.15) is 13.2 Å². The van der Waals surface area contributed by atoms with Crippen molar-refractivity contribution in [3.05, 3.63) is 0 Å². The van der Waals surface area contributed by atoms with Gasteiger partial charge in [0.1, 0.15) is 0 Å². The van der Waals surface area contributed by atoms with E-state index in [-0.39, 0.29) is 13.0 Å². The molecule has 1 atom stereocenters. The van der Waals surface area contributed by atoms with Crippen LogP contribution in [0, 0.1) is 0 Å². The topological polar surface area (TPSA) is 38.5 Å². The molecule has 0 aromatic rings. The van der Waals surface area contributed by atoms with Crippen LogP contribution < -0.4 is 5.73 Å². The minimum atomic E-state index is -4.29. The molecule has 2 N–H and O–H groups in total. The highest BCUT2D eigenvalue weighted by Gasteiger charge is 2.58. The van der Waals surface area contributed by atoms with Crippen LogP contribution in [0.1, 0.15) is 12.8 Å². The first-order valence-corrected chi connectivity index (χ1v) is 4.99. The van der Waals surface area contributed by atoms with Crippen molar-refractivity contribution in [3.8, 4) is 0 Å². The maximum atomic E-state index is 12.7. The summed E-state index contributed by atoms with van der Waals surface area (Å²) in [5.74, 6) is 0. The highest BCUT2D eigenvalue weighted by molar-refractivity contribution is 4.97. The number of rotatable bonds is 4. The molecule has 1 rings (SSSR count). The van der Waals surface area contributed by atoms with Crippen LogP contribution in [0.3, 0.4) is 0 Å². The van der Waals surface area contributed by atoms with Gasteiger partial charge in [-0.05, 0) is 25.9 Å². The molecular formula is C9H17F3N2O. The second-order valence-corrected chi connectivity index (χ2v) is 3.86. The van der Waals surface area contributed by atoms with Gasteiger partial charge in [0.05, 0.1) is 0 Å². The van der Waals surface area contributed by atoms with Gasteiger partial charge >= 0.3 is 6.18 Å². The van der Waals surface area contributed by atoms with Crippen molar-refractivity contribution in [2.24, 2.45) is 5.73 Å². The van der Waals surface area contributed by atoms with Crippen LogP contribution in [-0.4, -0.2) is 50.0 Å². The summed E-state index contributed by atoms with van der Waals surface area (Å²) < 4.78 is 42.9. The lowest BCUT2D eigenvalue weighted by molar-refractivity contribution is -0.263. The number of methoxy groups -OCH3 is 1. The highest BCUT2D eigenvalue weighted by atomic mass is 19.4. The Morgan fingerprint density at radius 1 is 1.47 bits per heavy atom. The summed E-state index contributed by atoms with van der Waals surface area (Å²) in [6.07, 6.45) is -3.56. The molecule has 0 radical (unpaired) electrons. The van der Waals surface area contributed by atoms with E-state index in [0.29, 0.717) is 19.6 Å². The van der Waals surface area contributed by atoms with Gasteiger partial charge in [0, 0.05) is 20.2 Å². The Labute approximate surface area is 87.4 Å². The van der Waals surface area contributed by atoms with E-state index in [1.807, 2.05) is 0 Å².